The number of rotatable bonds is 4. The van der Waals surface area contributed by atoms with Gasteiger partial charge < -0.3 is 10.1 Å². The van der Waals surface area contributed by atoms with Crippen LogP contribution in [0.15, 0.2) is 24.3 Å². The molecule has 0 saturated heterocycles. The zero-order valence-electron chi connectivity index (χ0n) is 9.00. The predicted octanol–water partition coefficient (Wildman–Crippen LogP) is 2.79. The molecule has 1 rings (SSSR count). The molecule has 1 N–H and O–H groups in total. The molecule has 2 heteroatoms. The van der Waals surface area contributed by atoms with E-state index in [1.54, 1.807) is 0 Å². The molecule has 0 aliphatic heterocycles. The molecule has 0 radical (unpaired) electrons. The second kappa shape index (κ2) is 4.91. The maximum Gasteiger partial charge on any atom is 0.0890 e. The summed E-state index contributed by atoms with van der Waals surface area (Å²) in [6, 6.07) is 7.95. The first kappa shape index (κ1) is 10.9. The summed E-state index contributed by atoms with van der Waals surface area (Å²) >= 11 is 0. The van der Waals surface area contributed by atoms with Crippen LogP contribution in [0.1, 0.15) is 25.0 Å². The molecule has 2 nitrogen and oxygen atoms in total. The minimum absolute atomic E-state index is 0.181. The molecule has 0 amide bonds. The van der Waals surface area contributed by atoms with Gasteiger partial charge in [0.05, 0.1) is 18.4 Å². The molecule has 0 bridgehead atoms. The number of ether oxygens (including phenoxy) is 1. The van der Waals surface area contributed by atoms with Gasteiger partial charge in [-0.05, 0) is 26.3 Å². The van der Waals surface area contributed by atoms with Gasteiger partial charge in [-0.25, -0.2) is 0 Å². The zero-order chi connectivity index (χ0) is 10.6. The Kier molecular flexibility index (Phi) is 3.84. The SMILES string of the molecule is Cc1ccc(C(=N)COC(C)C)cc1. The van der Waals surface area contributed by atoms with Crippen LogP contribution in [0.25, 0.3) is 0 Å². The fraction of sp³-hybridized carbons (Fsp3) is 0.417. The summed E-state index contributed by atoms with van der Waals surface area (Å²) in [5.74, 6) is 0. The van der Waals surface area contributed by atoms with Gasteiger partial charge in [-0.1, -0.05) is 29.8 Å². The summed E-state index contributed by atoms with van der Waals surface area (Å²) in [4.78, 5) is 0. The third kappa shape index (κ3) is 3.30. The fourth-order valence-corrected chi connectivity index (χ4v) is 1.09. The van der Waals surface area contributed by atoms with Crippen LogP contribution < -0.4 is 0 Å². The quantitative estimate of drug-likeness (QED) is 0.729. The second-order valence-corrected chi connectivity index (χ2v) is 3.70. The summed E-state index contributed by atoms with van der Waals surface area (Å²) in [5, 5.41) is 7.77. The van der Waals surface area contributed by atoms with Crippen LogP contribution >= 0.6 is 0 Å². The van der Waals surface area contributed by atoms with Crippen LogP contribution in [-0.2, 0) is 4.74 Å². The van der Waals surface area contributed by atoms with Crippen molar-refractivity contribution >= 4 is 5.71 Å². The van der Waals surface area contributed by atoms with Crippen molar-refractivity contribution in [3.05, 3.63) is 35.4 Å². The lowest BCUT2D eigenvalue weighted by atomic mass is 10.1. The van der Waals surface area contributed by atoms with Crippen LogP contribution in [0.3, 0.4) is 0 Å². The minimum atomic E-state index is 0.181. The van der Waals surface area contributed by atoms with E-state index in [2.05, 4.69) is 0 Å². The lowest BCUT2D eigenvalue weighted by molar-refractivity contribution is 0.111. The molecule has 1 aromatic carbocycles. The normalized spacial score (nSPS) is 10.6. The number of hydrogen-bond acceptors (Lipinski definition) is 2. The first-order chi connectivity index (χ1) is 6.59. The van der Waals surface area contributed by atoms with Crippen molar-refractivity contribution in [2.75, 3.05) is 6.61 Å². The average molecular weight is 191 g/mol. The van der Waals surface area contributed by atoms with E-state index in [1.807, 2.05) is 45.0 Å². The molecule has 0 atom stereocenters. The highest BCUT2D eigenvalue weighted by atomic mass is 16.5. The van der Waals surface area contributed by atoms with Gasteiger partial charge in [-0.15, -0.1) is 0 Å². The van der Waals surface area contributed by atoms with Gasteiger partial charge in [0.1, 0.15) is 0 Å². The lowest BCUT2D eigenvalue weighted by Gasteiger charge is -2.08. The first-order valence-corrected chi connectivity index (χ1v) is 4.85. The van der Waals surface area contributed by atoms with Crippen molar-refractivity contribution in [2.45, 2.75) is 26.9 Å². The summed E-state index contributed by atoms with van der Waals surface area (Å²) < 4.78 is 5.36. The summed E-state index contributed by atoms with van der Waals surface area (Å²) in [7, 11) is 0. The van der Waals surface area contributed by atoms with Crippen LogP contribution in [0.4, 0.5) is 0 Å². The summed E-state index contributed by atoms with van der Waals surface area (Å²) in [5.41, 5.74) is 2.70. The Morgan fingerprint density at radius 2 is 1.86 bits per heavy atom. The average Bonchev–Trinajstić information content (AvgIpc) is 2.15. The van der Waals surface area contributed by atoms with Crippen molar-refractivity contribution in [1.82, 2.24) is 0 Å². The van der Waals surface area contributed by atoms with E-state index >= 15 is 0 Å². The molecule has 0 fully saturated rings. The molecule has 0 saturated carbocycles. The summed E-state index contributed by atoms with van der Waals surface area (Å²) in [6.45, 7) is 6.38. The Bertz CT molecular complexity index is 301. The zero-order valence-corrected chi connectivity index (χ0v) is 9.00. The third-order valence-electron chi connectivity index (χ3n) is 1.96. The highest BCUT2D eigenvalue weighted by Crippen LogP contribution is 2.04. The molecule has 0 heterocycles. The smallest absolute Gasteiger partial charge is 0.0890 e. The van der Waals surface area contributed by atoms with E-state index < -0.39 is 0 Å². The molecule has 0 unspecified atom stereocenters. The highest BCUT2D eigenvalue weighted by Gasteiger charge is 2.02. The van der Waals surface area contributed by atoms with Crippen molar-refractivity contribution in [3.63, 3.8) is 0 Å². The number of aryl methyl sites for hydroxylation is 1. The van der Waals surface area contributed by atoms with Gasteiger partial charge in [-0.2, -0.15) is 0 Å². The van der Waals surface area contributed by atoms with E-state index in [-0.39, 0.29) is 6.10 Å². The van der Waals surface area contributed by atoms with Gasteiger partial charge in [0.15, 0.2) is 0 Å². The molecule has 0 spiro atoms. The number of nitrogens with one attached hydrogen (secondary N) is 1. The second-order valence-electron chi connectivity index (χ2n) is 3.70. The molecule has 0 aliphatic carbocycles. The Morgan fingerprint density at radius 3 is 2.36 bits per heavy atom. The van der Waals surface area contributed by atoms with Gasteiger partial charge in [0.2, 0.25) is 0 Å². The van der Waals surface area contributed by atoms with Crippen molar-refractivity contribution in [3.8, 4) is 0 Å². The van der Waals surface area contributed by atoms with E-state index in [4.69, 9.17) is 10.1 Å². The molecule has 76 valence electrons. The van der Waals surface area contributed by atoms with Crippen LogP contribution in [-0.4, -0.2) is 18.4 Å². The standard InChI is InChI=1S/C12H17NO/c1-9(2)14-8-12(13)11-6-4-10(3)5-7-11/h4-7,9,13H,8H2,1-3H3. The topological polar surface area (TPSA) is 33.1 Å². The maximum atomic E-state index is 7.77. The Hall–Kier alpha value is -1.15. The van der Waals surface area contributed by atoms with Crippen molar-refractivity contribution in [1.29, 1.82) is 5.41 Å². The number of benzene rings is 1. The number of hydrogen-bond donors (Lipinski definition) is 1. The molecule has 0 aliphatic rings. The van der Waals surface area contributed by atoms with Crippen molar-refractivity contribution in [2.24, 2.45) is 0 Å². The first-order valence-electron chi connectivity index (χ1n) is 4.85. The Balaban J connectivity index is 2.57. The molecule has 14 heavy (non-hydrogen) atoms. The Labute approximate surface area is 85.4 Å². The van der Waals surface area contributed by atoms with Crippen LogP contribution in [0, 0.1) is 12.3 Å². The van der Waals surface area contributed by atoms with E-state index in [0.29, 0.717) is 12.3 Å². The fourth-order valence-electron chi connectivity index (χ4n) is 1.09. The monoisotopic (exact) mass is 191 g/mol. The minimum Gasteiger partial charge on any atom is -0.373 e. The highest BCUT2D eigenvalue weighted by molar-refractivity contribution is 5.99. The largest absolute Gasteiger partial charge is 0.373 e. The van der Waals surface area contributed by atoms with Gasteiger partial charge in [0, 0.05) is 0 Å². The molecular weight excluding hydrogens is 174 g/mol. The van der Waals surface area contributed by atoms with E-state index in [1.165, 1.54) is 5.56 Å². The van der Waals surface area contributed by atoms with Crippen LogP contribution in [0.2, 0.25) is 0 Å². The van der Waals surface area contributed by atoms with E-state index in [9.17, 15) is 0 Å². The molecule has 0 aromatic heterocycles. The lowest BCUT2D eigenvalue weighted by Crippen LogP contribution is -2.13. The van der Waals surface area contributed by atoms with E-state index in [0.717, 1.165) is 5.56 Å². The molecular formula is C12H17NO. The summed E-state index contributed by atoms with van der Waals surface area (Å²) in [6.07, 6.45) is 0.181. The van der Waals surface area contributed by atoms with Gasteiger partial charge >= 0.3 is 0 Å². The maximum absolute atomic E-state index is 7.77. The van der Waals surface area contributed by atoms with Crippen LogP contribution in [0.5, 0.6) is 0 Å². The Morgan fingerprint density at radius 1 is 1.29 bits per heavy atom. The van der Waals surface area contributed by atoms with Gasteiger partial charge in [0.25, 0.3) is 0 Å². The van der Waals surface area contributed by atoms with Gasteiger partial charge in [-0.3, -0.25) is 0 Å². The predicted molar refractivity (Wildman–Crippen MR) is 59.1 cm³/mol. The third-order valence-corrected chi connectivity index (χ3v) is 1.96. The molecule has 1 aromatic rings. The van der Waals surface area contributed by atoms with Crippen molar-refractivity contribution < 1.29 is 4.74 Å².